The Bertz CT molecular complexity index is 690. The molecule has 226 valence electrons. The maximum absolute atomic E-state index is 12.4. The number of carbonyl (C=O) groups excluding carboxylic acids is 2. The summed E-state index contributed by atoms with van der Waals surface area (Å²) in [5, 5.41) is 8.63. The summed E-state index contributed by atoms with van der Waals surface area (Å²) in [6, 6.07) is 0. The molecule has 7 nitrogen and oxygen atoms in total. The normalized spacial score (nSPS) is 12.7. The minimum Gasteiger partial charge on any atom is -0.747 e. The molecule has 0 aromatic carbocycles. The molecule has 0 aliphatic rings. The zero-order valence-corrected chi connectivity index (χ0v) is 31.2. The van der Waals surface area contributed by atoms with Crippen molar-refractivity contribution in [1.82, 2.24) is 0 Å². The predicted molar refractivity (Wildman–Crippen MR) is 151 cm³/mol. The molecule has 0 aromatic rings. The Hall–Kier alpha value is 0.850. The van der Waals surface area contributed by atoms with Gasteiger partial charge in [0.15, 0.2) is 5.25 Å². The topological polar surface area (TPSA) is 124 Å². The van der Waals surface area contributed by atoms with Crippen LogP contribution in [-0.2, 0) is 24.4 Å². The number of hydrogen-bond acceptors (Lipinski definition) is 7. The minimum absolute atomic E-state index is 0. The van der Waals surface area contributed by atoms with Crippen molar-refractivity contribution < 1.29 is 91.5 Å². The van der Waals surface area contributed by atoms with Crippen LogP contribution in [0.25, 0.3) is 0 Å². The molecule has 2 atom stereocenters. The molecule has 2 unspecified atom stereocenters. The van der Waals surface area contributed by atoms with E-state index in [4.69, 9.17) is 4.74 Å². The van der Waals surface area contributed by atoms with Gasteiger partial charge < -0.3 is 19.2 Å². The van der Waals surface area contributed by atoms with E-state index in [1.54, 1.807) is 0 Å². The van der Waals surface area contributed by atoms with Gasteiger partial charge in [-0.25, -0.2) is 8.42 Å². The molecule has 0 aromatic heterocycles. The Morgan fingerprint density at radius 2 is 0.900 bits per heavy atom. The van der Waals surface area contributed by atoms with Gasteiger partial charge in [-0.05, 0) is 25.7 Å². The van der Waals surface area contributed by atoms with Crippen LogP contribution in [0.5, 0.6) is 0 Å². The van der Waals surface area contributed by atoms with Crippen LogP contribution in [0, 0.1) is 0 Å². The fourth-order valence-electron chi connectivity index (χ4n) is 4.85. The van der Waals surface area contributed by atoms with Gasteiger partial charge in [0.1, 0.15) is 16.2 Å². The van der Waals surface area contributed by atoms with E-state index in [-0.39, 0.29) is 59.1 Å². The third-order valence-electron chi connectivity index (χ3n) is 7.26. The molecule has 0 aliphatic carbocycles. The Balaban J connectivity index is -0.00000684. The van der Waals surface area contributed by atoms with E-state index in [1.807, 2.05) is 0 Å². The Labute approximate surface area is 290 Å². The summed E-state index contributed by atoms with van der Waals surface area (Å²) in [5.74, 6) is -3.02. The molecular formula is C30H56Na2O7S. The van der Waals surface area contributed by atoms with Crippen molar-refractivity contribution in [3.8, 4) is 0 Å². The third kappa shape index (κ3) is 28.9. The van der Waals surface area contributed by atoms with E-state index in [0.717, 1.165) is 38.5 Å². The molecule has 0 bridgehead atoms. The van der Waals surface area contributed by atoms with Crippen molar-refractivity contribution in [3.63, 3.8) is 0 Å². The van der Waals surface area contributed by atoms with Crippen LogP contribution >= 0.6 is 0 Å². The largest absolute Gasteiger partial charge is 1.00 e. The predicted octanol–water partition coefficient (Wildman–Crippen LogP) is 0.972. The average Bonchev–Trinajstić information content (AvgIpc) is 2.85. The van der Waals surface area contributed by atoms with E-state index >= 15 is 0 Å². The van der Waals surface area contributed by atoms with Crippen LogP contribution in [0.2, 0.25) is 0 Å². The molecule has 40 heavy (non-hydrogen) atoms. The van der Waals surface area contributed by atoms with Gasteiger partial charge in [0.25, 0.3) is 0 Å². The summed E-state index contributed by atoms with van der Waals surface area (Å²) in [7, 11) is -5.14. The zero-order chi connectivity index (χ0) is 28.5. The van der Waals surface area contributed by atoms with E-state index in [0.29, 0.717) is 12.8 Å². The molecular weight excluding hydrogens is 550 g/mol. The molecule has 0 saturated carbocycles. The SMILES string of the molecule is CCCCCCCCCCCCCC(CCCCCCCCCCCC)OC(=O)C(CC(=O)[O-])S(=O)(=O)[O-].[Na+].[Na+]. The molecule has 0 N–H and O–H groups in total. The Morgan fingerprint density at radius 1 is 0.600 bits per heavy atom. The number of aliphatic carboxylic acids is 1. The van der Waals surface area contributed by atoms with Gasteiger partial charge in [0.05, 0.1) is 0 Å². The summed E-state index contributed by atoms with van der Waals surface area (Å²) in [6.45, 7) is 4.44. The van der Waals surface area contributed by atoms with Gasteiger partial charge in [-0.3, -0.25) is 4.79 Å². The monoisotopic (exact) mass is 606 g/mol. The van der Waals surface area contributed by atoms with Gasteiger partial charge in [-0.15, -0.1) is 0 Å². The van der Waals surface area contributed by atoms with Crippen molar-refractivity contribution in [1.29, 1.82) is 0 Å². The molecule has 10 heteroatoms. The summed E-state index contributed by atoms with van der Waals surface area (Å²) in [5.41, 5.74) is 0. The summed E-state index contributed by atoms with van der Waals surface area (Å²) >= 11 is 0. The first kappa shape index (κ1) is 45.3. The second-order valence-electron chi connectivity index (χ2n) is 10.9. The van der Waals surface area contributed by atoms with Crippen LogP contribution in [0.15, 0.2) is 0 Å². The number of ether oxygens (including phenoxy) is 1. The quantitative estimate of drug-likeness (QED) is 0.0563. The molecule has 0 amide bonds. The van der Waals surface area contributed by atoms with Crippen LogP contribution in [0.1, 0.15) is 168 Å². The Kier molecular flexibility index (Phi) is 35.4. The van der Waals surface area contributed by atoms with Gasteiger partial charge in [0.2, 0.25) is 0 Å². The van der Waals surface area contributed by atoms with E-state index in [9.17, 15) is 27.7 Å². The fraction of sp³-hybridized carbons (Fsp3) is 0.933. The first-order chi connectivity index (χ1) is 18.2. The third-order valence-corrected chi connectivity index (χ3v) is 8.31. The van der Waals surface area contributed by atoms with Crippen LogP contribution in [-0.4, -0.2) is 36.3 Å². The van der Waals surface area contributed by atoms with Gasteiger partial charge in [-0.2, -0.15) is 0 Å². The maximum atomic E-state index is 12.4. The molecule has 0 radical (unpaired) electrons. The summed E-state index contributed by atoms with van der Waals surface area (Å²) in [6.07, 6.45) is 24.5. The van der Waals surface area contributed by atoms with E-state index < -0.39 is 39.8 Å². The number of hydrogen-bond donors (Lipinski definition) is 0. The van der Waals surface area contributed by atoms with Crippen molar-refractivity contribution >= 4 is 22.1 Å². The molecule has 0 rings (SSSR count). The molecule has 0 spiro atoms. The fourth-order valence-corrected chi connectivity index (χ4v) is 5.48. The summed E-state index contributed by atoms with van der Waals surface area (Å²) < 4.78 is 39.7. The molecule has 0 fully saturated rings. The Morgan fingerprint density at radius 3 is 1.18 bits per heavy atom. The van der Waals surface area contributed by atoms with E-state index in [1.165, 1.54) is 96.3 Å². The second kappa shape index (κ2) is 31.3. The van der Waals surface area contributed by atoms with Crippen molar-refractivity contribution in [3.05, 3.63) is 0 Å². The van der Waals surface area contributed by atoms with Gasteiger partial charge in [0, 0.05) is 12.4 Å². The number of esters is 1. The van der Waals surface area contributed by atoms with Gasteiger partial charge >= 0.3 is 65.1 Å². The van der Waals surface area contributed by atoms with Crippen molar-refractivity contribution in [2.24, 2.45) is 0 Å². The second-order valence-corrected chi connectivity index (χ2v) is 12.5. The zero-order valence-electron chi connectivity index (χ0n) is 26.4. The van der Waals surface area contributed by atoms with Gasteiger partial charge in [-0.1, -0.05) is 136 Å². The molecule has 0 saturated heterocycles. The number of unbranched alkanes of at least 4 members (excludes halogenated alkanes) is 19. The molecule has 0 aliphatic heterocycles. The number of rotatable bonds is 28. The number of carboxylic acid groups (broad SMARTS) is 1. The van der Waals surface area contributed by atoms with Crippen LogP contribution in [0.3, 0.4) is 0 Å². The minimum atomic E-state index is -5.14. The average molecular weight is 607 g/mol. The standard InChI is InChI=1S/C30H58O7S.2Na/c1-3-5-7-9-11-13-15-17-19-21-23-25-27(24-22-20-18-16-14-12-10-8-6-4-2)37-30(33)28(26-29(31)32)38(34,35)36;;/h27-28H,3-26H2,1-2H3,(H,31,32)(H,34,35,36);;/q;2*+1/p-2. The number of carbonyl (C=O) groups is 2. The first-order valence-corrected chi connectivity index (χ1v) is 17.0. The molecule has 0 heterocycles. The van der Waals surface area contributed by atoms with Crippen molar-refractivity contribution in [2.45, 2.75) is 179 Å². The summed E-state index contributed by atoms with van der Waals surface area (Å²) in [4.78, 5) is 23.3. The van der Waals surface area contributed by atoms with Crippen LogP contribution < -0.4 is 64.2 Å². The number of carboxylic acids is 1. The van der Waals surface area contributed by atoms with Crippen LogP contribution in [0.4, 0.5) is 0 Å². The van der Waals surface area contributed by atoms with E-state index in [2.05, 4.69) is 13.8 Å². The maximum Gasteiger partial charge on any atom is 1.00 e. The van der Waals surface area contributed by atoms with Crippen molar-refractivity contribution in [2.75, 3.05) is 0 Å². The smallest absolute Gasteiger partial charge is 0.747 e. The first-order valence-electron chi connectivity index (χ1n) is 15.6.